The molecule has 1 aliphatic carbocycles. The van der Waals surface area contributed by atoms with Gasteiger partial charge in [-0.2, -0.15) is 0 Å². The zero-order chi connectivity index (χ0) is 16.2. The summed E-state index contributed by atoms with van der Waals surface area (Å²) in [4.78, 5) is 23.2. The highest BCUT2D eigenvalue weighted by molar-refractivity contribution is 5.98. The molecular weight excluding hydrogens is 290 g/mol. The maximum Gasteiger partial charge on any atom is 0.251 e. The molecule has 23 heavy (non-hydrogen) atoms. The predicted octanol–water partition coefficient (Wildman–Crippen LogP) is 2.44. The molecule has 0 saturated heterocycles. The Morgan fingerprint density at radius 3 is 2.74 bits per heavy atom. The highest BCUT2D eigenvalue weighted by Gasteiger charge is 2.16. The van der Waals surface area contributed by atoms with E-state index in [2.05, 4.69) is 5.32 Å². The number of aryl methyl sites for hydroxylation is 1. The minimum absolute atomic E-state index is 0.0105. The lowest BCUT2D eigenvalue weighted by Crippen LogP contribution is -2.28. The van der Waals surface area contributed by atoms with Crippen LogP contribution in [-0.2, 0) is 11.3 Å². The zero-order valence-electron chi connectivity index (χ0n) is 13.3. The van der Waals surface area contributed by atoms with E-state index >= 15 is 0 Å². The summed E-state index contributed by atoms with van der Waals surface area (Å²) in [6, 6.07) is 7.64. The number of nitrogens with one attached hydrogen (secondary N) is 1. The topological polar surface area (TPSA) is 77.1 Å². The molecule has 3 rings (SSSR count). The second kappa shape index (κ2) is 6.86. The Morgan fingerprint density at radius 1 is 1.22 bits per heavy atom. The Balaban J connectivity index is 1.67. The molecule has 0 atom stereocenters. The molecule has 1 heterocycles. The van der Waals surface area contributed by atoms with E-state index in [1.807, 2.05) is 35.0 Å². The van der Waals surface area contributed by atoms with E-state index in [-0.39, 0.29) is 11.8 Å². The van der Waals surface area contributed by atoms with Crippen LogP contribution < -0.4 is 11.1 Å². The van der Waals surface area contributed by atoms with Gasteiger partial charge >= 0.3 is 0 Å². The number of fused-ring (bicyclic) bond motifs is 1. The van der Waals surface area contributed by atoms with Crippen LogP contribution in [0.2, 0.25) is 0 Å². The first-order chi connectivity index (χ1) is 11.1. The number of benzene rings is 1. The highest BCUT2D eigenvalue weighted by atomic mass is 16.2. The lowest BCUT2D eigenvalue weighted by molar-refractivity contribution is -0.118. The van der Waals surface area contributed by atoms with Crippen molar-refractivity contribution in [3.8, 4) is 0 Å². The molecule has 0 bridgehead atoms. The molecule has 0 spiro atoms. The number of carbonyl (C=O) groups excluding carboxylic acids is 2. The largest absolute Gasteiger partial charge is 0.370 e. The Kier molecular flexibility index (Phi) is 4.65. The lowest BCUT2D eigenvalue weighted by Gasteiger charge is -2.11. The normalized spacial score (nSPS) is 15.1. The van der Waals surface area contributed by atoms with Crippen LogP contribution in [-0.4, -0.2) is 22.9 Å². The van der Waals surface area contributed by atoms with Gasteiger partial charge in [-0.15, -0.1) is 0 Å². The summed E-state index contributed by atoms with van der Waals surface area (Å²) < 4.78 is 1.99. The van der Waals surface area contributed by atoms with Gasteiger partial charge in [0.2, 0.25) is 5.91 Å². The third-order valence-electron chi connectivity index (χ3n) is 4.66. The van der Waals surface area contributed by atoms with Crippen molar-refractivity contribution in [2.45, 2.75) is 38.6 Å². The second-order valence-corrected chi connectivity index (χ2v) is 6.36. The Labute approximate surface area is 135 Å². The van der Waals surface area contributed by atoms with Crippen molar-refractivity contribution in [1.29, 1.82) is 0 Å². The minimum Gasteiger partial charge on any atom is -0.370 e. The van der Waals surface area contributed by atoms with E-state index in [4.69, 9.17) is 5.73 Å². The molecule has 2 aromatic rings. The fraction of sp³-hybridized carbons (Fsp3) is 0.444. The minimum atomic E-state index is -0.310. The van der Waals surface area contributed by atoms with Gasteiger partial charge in [0.1, 0.15) is 0 Å². The van der Waals surface area contributed by atoms with Gasteiger partial charge in [0, 0.05) is 42.2 Å². The summed E-state index contributed by atoms with van der Waals surface area (Å²) in [5.41, 5.74) is 6.89. The summed E-state index contributed by atoms with van der Waals surface area (Å²) in [5, 5.41) is 4.05. The molecule has 1 fully saturated rings. The number of primary amides is 1. The van der Waals surface area contributed by atoms with Gasteiger partial charge < -0.3 is 15.6 Å². The van der Waals surface area contributed by atoms with Crippen molar-refractivity contribution >= 4 is 22.7 Å². The zero-order valence-corrected chi connectivity index (χ0v) is 13.3. The van der Waals surface area contributed by atoms with Crippen molar-refractivity contribution < 1.29 is 9.59 Å². The van der Waals surface area contributed by atoms with Crippen molar-refractivity contribution in [3.63, 3.8) is 0 Å². The van der Waals surface area contributed by atoms with Gasteiger partial charge in [0.15, 0.2) is 0 Å². The molecule has 122 valence electrons. The third kappa shape index (κ3) is 3.73. The molecule has 5 heteroatoms. The van der Waals surface area contributed by atoms with Gasteiger partial charge in [-0.3, -0.25) is 9.59 Å². The van der Waals surface area contributed by atoms with Crippen molar-refractivity contribution in [2.75, 3.05) is 6.54 Å². The van der Waals surface area contributed by atoms with E-state index in [1.165, 1.54) is 25.7 Å². The first-order valence-corrected chi connectivity index (χ1v) is 8.29. The average molecular weight is 313 g/mol. The molecule has 1 aromatic carbocycles. The molecule has 1 aromatic heterocycles. The standard InChI is InChI=1S/C18H23N3O2/c19-17(22)8-10-21-9-7-14-11-15(5-6-16(14)21)18(23)20-12-13-3-1-2-4-13/h5-7,9,11,13H,1-4,8,10,12H2,(H2,19,22)(H,20,23). The van der Waals surface area contributed by atoms with Crippen molar-refractivity contribution in [1.82, 2.24) is 9.88 Å². The highest BCUT2D eigenvalue weighted by Crippen LogP contribution is 2.24. The molecule has 0 radical (unpaired) electrons. The Morgan fingerprint density at radius 2 is 2.00 bits per heavy atom. The van der Waals surface area contributed by atoms with Gasteiger partial charge in [-0.1, -0.05) is 12.8 Å². The summed E-state index contributed by atoms with van der Waals surface area (Å²) in [6.45, 7) is 1.34. The van der Waals surface area contributed by atoms with E-state index in [9.17, 15) is 9.59 Å². The number of amides is 2. The maximum atomic E-state index is 12.3. The van der Waals surface area contributed by atoms with Crippen LogP contribution in [0, 0.1) is 5.92 Å². The fourth-order valence-electron chi connectivity index (χ4n) is 3.32. The van der Waals surface area contributed by atoms with Gasteiger partial charge in [0.05, 0.1) is 0 Å². The number of nitrogens with two attached hydrogens (primary N) is 1. The van der Waals surface area contributed by atoms with Crippen LogP contribution in [0.15, 0.2) is 30.5 Å². The number of hydrogen-bond acceptors (Lipinski definition) is 2. The van der Waals surface area contributed by atoms with E-state index in [1.54, 1.807) is 0 Å². The van der Waals surface area contributed by atoms with E-state index in [0.29, 0.717) is 24.4 Å². The average Bonchev–Trinajstić information content (AvgIpc) is 3.19. The summed E-state index contributed by atoms with van der Waals surface area (Å²) in [5.74, 6) is 0.316. The van der Waals surface area contributed by atoms with E-state index in [0.717, 1.165) is 17.4 Å². The lowest BCUT2D eigenvalue weighted by atomic mass is 10.1. The van der Waals surface area contributed by atoms with Crippen LogP contribution in [0.5, 0.6) is 0 Å². The monoisotopic (exact) mass is 313 g/mol. The molecule has 5 nitrogen and oxygen atoms in total. The predicted molar refractivity (Wildman–Crippen MR) is 90.0 cm³/mol. The maximum absolute atomic E-state index is 12.3. The molecule has 0 unspecified atom stereocenters. The number of hydrogen-bond donors (Lipinski definition) is 2. The van der Waals surface area contributed by atoms with Crippen LogP contribution in [0.3, 0.4) is 0 Å². The summed E-state index contributed by atoms with van der Waals surface area (Å²) >= 11 is 0. The summed E-state index contributed by atoms with van der Waals surface area (Å²) in [6.07, 6.45) is 7.25. The van der Waals surface area contributed by atoms with Crippen LogP contribution in [0.1, 0.15) is 42.5 Å². The molecule has 2 amide bonds. The van der Waals surface area contributed by atoms with Crippen LogP contribution in [0.25, 0.3) is 10.9 Å². The number of carbonyl (C=O) groups is 2. The fourth-order valence-corrected chi connectivity index (χ4v) is 3.32. The first-order valence-electron chi connectivity index (χ1n) is 8.29. The van der Waals surface area contributed by atoms with Gasteiger partial charge in [0.25, 0.3) is 5.91 Å². The molecule has 3 N–H and O–H groups in total. The van der Waals surface area contributed by atoms with Crippen molar-refractivity contribution in [3.05, 3.63) is 36.0 Å². The number of aromatic nitrogens is 1. The van der Waals surface area contributed by atoms with E-state index < -0.39 is 0 Å². The van der Waals surface area contributed by atoms with Crippen LogP contribution in [0.4, 0.5) is 0 Å². The molecule has 0 aliphatic heterocycles. The number of rotatable bonds is 6. The number of nitrogens with zero attached hydrogens (tertiary/aromatic N) is 1. The SMILES string of the molecule is NC(=O)CCn1ccc2cc(C(=O)NCC3CCCC3)ccc21. The molecule has 1 saturated carbocycles. The van der Waals surface area contributed by atoms with Crippen molar-refractivity contribution in [2.24, 2.45) is 11.7 Å². The first kappa shape index (κ1) is 15.6. The van der Waals surface area contributed by atoms with Gasteiger partial charge in [-0.25, -0.2) is 0 Å². The quantitative estimate of drug-likeness (QED) is 0.859. The smallest absolute Gasteiger partial charge is 0.251 e. The second-order valence-electron chi connectivity index (χ2n) is 6.36. The summed E-state index contributed by atoms with van der Waals surface area (Å²) in [7, 11) is 0. The Bertz CT molecular complexity index is 714. The van der Waals surface area contributed by atoms with Gasteiger partial charge in [-0.05, 0) is 43.0 Å². The third-order valence-corrected chi connectivity index (χ3v) is 4.66. The van der Waals surface area contributed by atoms with Crippen LogP contribution >= 0.6 is 0 Å². The Hall–Kier alpha value is -2.30. The molecule has 1 aliphatic rings. The molecular formula is C18H23N3O2.